The molecule has 3 aliphatic rings. The van der Waals surface area contributed by atoms with Crippen molar-refractivity contribution in [2.24, 2.45) is 11.8 Å². The van der Waals surface area contributed by atoms with E-state index in [1.807, 2.05) is 0 Å². The molecule has 29 heavy (non-hydrogen) atoms. The maximum absolute atomic E-state index is 12.5. The molecule has 1 N–H and O–H groups in total. The van der Waals surface area contributed by atoms with E-state index in [0.717, 1.165) is 37.8 Å². The average molecular weight is 399 g/mol. The lowest BCUT2D eigenvalue weighted by molar-refractivity contribution is 0.190. The van der Waals surface area contributed by atoms with Crippen LogP contribution in [0.15, 0.2) is 10.7 Å². The molecule has 0 radical (unpaired) electrons. The molecule has 5 rings (SSSR count). The molecule has 0 aliphatic heterocycles. The number of amides is 1. The molecule has 3 saturated carbocycles. The van der Waals surface area contributed by atoms with Crippen LogP contribution in [0.4, 0.5) is 4.79 Å². The smallest absolute Gasteiger partial charge is 0.414 e. The van der Waals surface area contributed by atoms with Crippen LogP contribution in [-0.2, 0) is 0 Å². The summed E-state index contributed by atoms with van der Waals surface area (Å²) in [6.45, 7) is 2.37. The van der Waals surface area contributed by atoms with Crippen LogP contribution < -0.4 is 14.8 Å². The normalized spacial score (nSPS) is 19.6. The van der Waals surface area contributed by atoms with Crippen LogP contribution in [0.3, 0.4) is 0 Å². The predicted molar refractivity (Wildman–Crippen MR) is 101 cm³/mol. The lowest BCUT2D eigenvalue weighted by atomic mass is 10.1. The third-order valence-electron chi connectivity index (χ3n) is 5.47. The highest BCUT2D eigenvalue weighted by molar-refractivity contribution is 5.70. The summed E-state index contributed by atoms with van der Waals surface area (Å²) in [5.41, 5.74) is 0.868. The molecule has 9 nitrogen and oxygen atoms in total. The lowest BCUT2D eigenvalue weighted by Crippen LogP contribution is -2.32. The number of hydrogen-bond donors (Lipinski definition) is 1. The molecule has 0 unspecified atom stereocenters. The summed E-state index contributed by atoms with van der Waals surface area (Å²) >= 11 is 0. The predicted octanol–water partition coefficient (Wildman–Crippen LogP) is 3.46. The Balaban J connectivity index is 1.25. The standard InChI is InChI=1S/C20H25N5O4/c1-11-22-18(25-29-11)15(8-12-2-3-12)23-20(26)28-16-9-21-17(14-6-7-14)19(24-16)27-10-13-4-5-13/h9,12-15H,2-8,10H2,1H3,(H,23,26)/t15-/m0/s1. The molecule has 2 aromatic rings. The number of nitrogens with one attached hydrogen (secondary N) is 1. The quantitative estimate of drug-likeness (QED) is 0.682. The summed E-state index contributed by atoms with van der Waals surface area (Å²) < 4.78 is 16.3. The zero-order valence-corrected chi connectivity index (χ0v) is 16.5. The molecule has 0 saturated heterocycles. The van der Waals surface area contributed by atoms with Gasteiger partial charge in [-0.25, -0.2) is 9.78 Å². The molecule has 0 bridgehead atoms. The first-order valence-electron chi connectivity index (χ1n) is 10.4. The van der Waals surface area contributed by atoms with E-state index in [1.165, 1.54) is 19.0 Å². The second-order valence-electron chi connectivity index (χ2n) is 8.36. The van der Waals surface area contributed by atoms with E-state index < -0.39 is 6.09 Å². The molecule has 154 valence electrons. The third kappa shape index (κ3) is 4.83. The van der Waals surface area contributed by atoms with Gasteiger partial charge in [-0.05, 0) is 43.9 Å². The molecule has 0 aromatic carbocycles. The van der Waals surface area contributed by atoms with Gasteiger partial charge in [0.15, 0.2) is 5.82 Å². The first kappa shape index (κ1) is 18.3. The number of carbonyl (C=O) groups excluding carboxylic acids is 1. The maximum atomic E-state index is 12.5. The number of nitrogens with zero attached hydrogens (tertiary/aromatic N) is 4. The third-order valence-corrected chi connectivity index (χ3v) is 5.47. The lowest BCUT2D eigenvalue weighted by Gasteiger charge is -2.15. The van der Waals surface area contributed by atoms with E-state index in [9.17, 15) is 4.79 Å². The van der Waals surface area contributed by atoms with Gasteiger partial charge in [0.25, 0.3) is 0 Å². The average Bonchev–Trinajstić information content (AvgIpc) is 3.56. The van der Waals surface area contributed by atoms with Gasteiger partial charge in [-0.1, -0.05) is 18.0 Å². The zero-order chi connectivity index (χ0) is 19.8. The molecule has 1 atom stereocenters. The van der Waals surface area contributed by atoms with Crippen molar-refractivity contribution < 1.29 is 18.8 Å². The fourth-order valence-electron chi connectivity index (χ4n) is 3.28. The van der Waals surface area contributed by atoms with E-state index in [1.54, 1.807) is 6.92 Å². The van der Waals surface area contributed by atoms with Crippen molar-refractivity contribution in [2.45, 2.75) is 63.8 Å². The van der Waals surface area contributed by atoms with Gasteiger partial charge in [-0.15, -0.1) is 0 Å². The Hall–Kier alpha value is -2.71. The van der Waals surface area contributed by atoms with Gasteiger partial charge in [0.1, 0.15) is 5.69 Å². The number of aromatic nitrogens is 4. The molecule has 9 heteroatoms. The molecule has 3 aliphatic carbocycles. The number of carbonyl (C=O) groups is 1. The highest BCUT2D eigenvalue weighted by Gasteiger charge is 2.32. The van der Waals surface area contributed by atoms with Crippen molar-refractivity contribution in [3.63, 3.8) is 0 Å². The Kier molecular flexibility index (Phi) is 4.81. The second kappa shape index (κ2) is 7.61. The number of ether oxygens (including phenoxy) is 2. The molecular formula is C20H25N5O4. The van der Waals surface area contributed by atoms with Gasteiger partial charge in [-0.3, -0.25) is 0 Å². The molecule has 1 amide bonds. The Labute approximate surface area is 168 Å². The Morgan fingerprint density at radius 1 is 1.21 bits per heavy atom. The van der Waals surface area contributed by atoms with Crippen molar-refractivity contribution in [1.29, 1.82) is 0 Å². The monoisotopic (exact) mass is 399 g/mol. The summed E-state index contributed by atoms with van der Waals surface area (Å²) in [7, 11) is 0. The molecule has 0 spiro atoms. The van der Waals surface area contributed by atoms with Crippen molar-refractivity contribution in [2.75, 3.05) is 6.61 Å². The topological polar surface area (TPSA) is 112 Å². The van der Waals surface area contributed by atoms with Crippen molar-refractivity contribution >= 4 is 6.09 Å². The van der Waals surface area contributed by atoms with Crippen molar-refractivity contribution in [1.82, 2.24) is 25.4 Å². The fourth-order valence-corrected chi connectivity index (χ4v) is 3.28. The van der Waals surface area contributed by atoms with Crippen LogP contribution in [0.2, 0.25) is 0 Å². The highest BCUT2D eigenvalue weighted by Crippen LogP contribution is 2.43. The number of aryl methyl sites for hydroxylation is 1. The SMILES string of the molecule is Cc1nc([C@H](CC2CC2)NC(=O)Oc2cnc(C3CC3)c(OCC3CC3)n2)no1. The molecule has 2 heterocycles. The largest absolute Gasteiger partial charge is 0.476 e. The van der Waals surface area contributed by atoms with E-state index in [-0.39, 0.29) is 11.9 Å². The fraction of sp³-hybridized carbons (Fsp3) is 0.650. The second-order valence-corrected chi connectivity index (χ2v) is 8.36. The summed E-state index contributed by atoms with van der Waals surface area (Å²) in [5.74, 6) is 3.14. The van der Waals surface area contributed by atoms with Crippen LogP contribution in [0.1, 0.15) is 74.3 Å². The molecule has 3 fully saturated rings. The minimum absolute atomic E-state index is 0.132. The van der Waals surface area contributed by atoms with Gasteiger partial charge < -0.3 is 19.3 Å². The molecule has 2 aromatic heterocycles. The van der Waals surface area contributed by atoms with E-state index in [4.69, 9.17) is 14.0 Å². The zero-order valence-electron chi connectivity index (χ0n) is 16.5. The number of rotatable bonds is 9. The van der Waals surface area contributed by atoms with Crippen LogP contribution in [0.25, 0.3) is 0 Å². The van der Waals surface area contributed by atoms with Gasteiger partial charge in [0.05, 0.1) is 18.8 Å². The summed E-state index contributed by atoms with van der Waals surface area (Å²) in [6.07, 6.45) is 8.54. The Morgan fingerprint density at radius 3 is 2.66 bits per heavy atom. The molecular weight excluding hydrogens is 374 g/mol. The minimum Gasteiger partial charge on any atom is -0.476 e. The van der Waals surface area contributed by atoms with Crippen molar-refractivity contribution in [3.8, 4) is 11.8 Å². The van der Waals surface area contributed by atoms with Gasteiger partial charge in [-0.2, -0.15) is 9.97 Å². The van der Waals surface area contributed by atoms with E-state index in [2.05, 4.69) is 25.4 Å². The minimum atomic E-state index is -0.611. The van der Waals surface area contributed by atoms with Crippen LogP contribution in [0.5, 0.6) is 11.8 Å². The van der Waals surface area contributed by atoms with Gasteiger partial charge in [0, 0.05) is 12.8 Å². The first-order valence-corrected chi connectivity index (χ1v) is 10.4. The Bertz CT molecular complexity index is 889. The summed E-state index contributed by atoms with van der Waals surface area (Å²) in [6, 6.07) is -0.350. The summed E-state index contributed by atoms with van der Waals surface area (Å²) in [4.78, 5) is 25.6. The van der Waals surface area contributed by atoms with E-state index >= 15 is 0 Å². The first-order chi connectivity index (χ1) is 14.1. The van der Waals surface area contributed by atoms with Crippen molar-refractivity contribution in [3.05, 3.63) is 23.6 Å². The highest BCUT2D eigenvalue weighted by atomic mass is 16.6. The Morgan fingerprint density at radius 2 is 2.00 bits per heavy atom. The van der Waals surface area contributed by atoms with Crippen LogP contribution in [-0.4, -0.2) is 32.8 Å². The van der Waals surface area contributed by atoms with Gasteiger partial charge in [0.2, 0.25) is 17.7 Å². The summed E-state index contributed by atoms with van der Waals surface area (Å²) in [5, 5.41) is 6.79. The van der Waals surface area contributed by atoms with Crippen LogP contribution in [0, 0.1) is 18.8 Å². The van der Waals surface area contributed by atoms with Gasteiger partial charge >= 0.3 is 6.09 Å². The van der Waals surface area contributed by atoms with Crippen LogP contribution >= 0.6 is 0 Å². The number of hydrogen-bond acceptors (Lipinski definition) is 8. The maximum Gasteiger partial charge on any atom is 0.414 e. The van der Waals surface area contributed by atoms with E-state index in [0.29, 0.717) is 42.0 Å².